The molecule has 0 aliphatic carbocycles. The van der Waals surface area contributed by atoms with Gasteiger partial charge in [0.15, 0.2) is 0 Å². The number of aliphatic hydroxyl groups excluding tert-OH is 1. The van der Waals surface area contributed by atoms with Gasteiger partial charge in [0.05, 0.1) is 6.10 Å². The second kappa shape index (κ2) is 5.21. The molecule has 0 aliphatic rings. The van der Waals surface area contributed by atoms with Crippen molar-refractivity contribution in [2.24, 2.45) is 5.92 Å². The fourth-order valence-electron chi connectivity index (χ4n) is 1.48. The van der Waals surface area contributed by atoms with Crippen LogP contribution in [0.5, 0.6) is 0 Å². The Kier molecular flexibility index (Phi) is 4.21. The number of hydrogen-bond acceptors (Lipinski definition) is 1. The number of halogens is 2. The summed E-state index contributed by atoms with van der Waals surface area (Å²) in [5.74, 6) is 0.343. The van der Waals surface area contributed by atoms with Crippen LogP contribution in [0.1, 0.15) is 43.9 Å². The first-order chi connectivity index (χ1) is 7.00. The first kappa shape index (κ1) is 12.1. The summed E-state index contributed by atoms with van der Waals surface area (Å²) in [6, 6.07) is 5.98. The predicted molar refractivity (Wildman–Crippen MR) is 55.8 cm³/mol. The fraction of sp³-hybridized carbons (Fsp3) is 0.500. The standard InChI is InChI=1S/C12H16F2O/c1-8(2)6-11(15)9-4-3-5-10(7-9)12(13)14/h3-5,7-8,11-12,15H,6H2,1-2H3. The highest BCUT2D eigenvalue weighted by molar-refractivity contribution is 5.25. The zero-order valence-electron chi connectivity index (χ0n) is 8.95. The first-order valence-electron chi connectivity index (χ1n) is 5.06. The van der Waals surface area contributed by atoms with E-state index in [1.165, 1.54) is 12.1 Å². The topological polar surface area (TPSA) is 20.2 Å². The fourth-order valence-corrected chi connectivity index (χ4v) is 1.48. The zero-order chi connectivity index (χ0) is 11.4. The van der Waals surface area contributed by atoms with Gasteiger partial charge in [-0.3, -0.25) is 0 Å². The molecule has 1 unspecified atom stereocenters. The Morgan fingerprint density at radius 2 is 1.80 bits per heavy atom. The maximum Gasteiger partial charge on any atom is 0.263 e. The molecule has 3 heteroatoms. The quantitative estimate of drug-likeness (QED) is 0.810. The molecule has 0 aliphatic heterocycles. The third kappa shape index (κ3) is 3.59. The minimum Gasteiger partial charge on any atom is -0.388 e. The summed E-state index contributed by atoms with van der Waals surface area (Å²) < 4.78 is 24.8. The van der Waals surface area contributed by atoms with Crippen molar-refractivity contribution in [3.63, 3.8) is 0 Å². The molecule has 84 valence electrons. The molecule has 0 spiro atoms. The van der Waals surface area contributed by atoms with Crippen molar-refractivity contribution in [2.75, 3.05) is 0 Å². The van der Waals surface area contributed by atoms with E-state index < -0.39 is 12.5 Å². The summed E-state index contributed by atoms with van der Waals surface area (Å²) in [4.78, 5) is 0. The van der Waals surface area contributed by atoms with E-state index in [1.54, 1.807) is 12.1 Å². The molecule has 0 bridgehead atoms. The van der Waals surface area contributed by atoms with Crippen LogP contribution in [0, 0.1) is 5.92 Å². The summed E-state index contributed by atoms with van der Waals surface area (Å²) in [6.45, 7) is 3.97. The highest BCUT2D eigenvalue weighted by atomic mass is 19.3. The van der Waals surface area contributed by atoms with Crippen molar-refractivity contribution < 1.29 is 13.9 Å². The van der Waals surface area contributed by atoms with E-state index in [0.29, 0.717) is 17.9 Å². The van der Waals surface area contributed by atoms with Crippen LogP contribution in [0.2, 0.25) is 0 Å². The molecule has 0 saturated carbocycles. The van der Waals surface area contributed by atoms with Crippen molar-refractivity contribution in [1.82, 2.24) is 0 Å². The van der Waals surface area contributed by atoms with Gasteiger partial charge in [0.1, 0.15) is 0 Å². The highest BCUT2D eigenvalue weighted by Gasteiger charge is 2.13. The van der Waals surface area contributed by atoms with Crippen LogP contribution < -0.4 is 0 Å². The van der Waals surface area contributed by atoms with Gasteiger partial charge in [-0.25, -0.2) is 8.78 Å². The number of alkyl halides is 2. The van der Waals surface area contributed by atoms with Gasteiger partial charge >= 0.3 is 0 Å². The molecule has 1 nitrogen and oxygen atoms in total. The van der Waals surface area contributed by atoms with Crippen LogP contribution in [0.15, 0.2) is 24.3 Å². The lowest BCUT2D eigenvalue weighted by atomic mass is 9.98. The maximum atomic E-state index is 12.4. The average Bonchev–Trinajstić information content (AvgIpc) is 2.17. The average molecular weight is 214 g/mol. The summed E-state index contributed by atoms with van der Waals surface area (Å²) >= 11 is 0. The largest absolute Gasteiger partial charge is 0.388 e. The molecular weight excluding hydrogens is 198 g/mol. The van der Waals surface area contributed by atoms with E-state index >= 15 is 0 Å². The van der Waals surface area contributed by atoms with Crippen LogP contribution >= 0.6 is 0 Å². The first-order valence-corrected chi connectivity index (χ1v) is 5.06. The Hall–Kier alpha value is -0.960. The van der Waals surface area contributed by atoms with E-state index in [0.717, 1.165) is 0 Å². The van der Waals surface area contributed by atoms with Crippen molar-refractivity contribution in [2.45, 2.75) is 32.8 Å². The molecule has 0 aromatic heterocycles. The van der Waals surface area contributed by atoms with E-state index in [1.807, 2.05) is 13.8 Å². The number of aliphatic hydroxyl groups is 1. The van der Waals surface area contributed by atoms with Crippen LogP contribution in [-0.4, -0.2) is 5.11 Å². The molecule has 0 saturated heterocycles. The van der Waals surface area contributed by atoms with Gasteiger partial charge in [-0.05, 0) is 24.0 Å². The zero-order valence-corrected chi connectivity index (χ0v) is 8.95. The summed E-state index contributed by atoms with van der Waals surface area (Å²) in [5, 5.41) is 9.75. The Balaban J connectivity index is 2.80. The normalized spacial score (nSPS) is 13.5. The molecule has 1 aromatic rings. The monoisotopic (exact) mass is 214 g/mol. The lowest BCUT2D eigenvalue weighted by molar-refractivity contribution is 0.144. The molecule has 0 radical (unpaired) electrons. The van der Waals surface area contributed by atoms with Crippen LogP contribution in [0.4, 0.5) is 8.78 Å². The minimum absolute atomic E-state index is 0.0321. The van der Waals surface area contributed by atoms with Gasteiger partial charge in [0.25, 0.3) is 6.43 Å². The second-order valence-electron chi connectivity index (χ2n) is 4.12. The molecule has 1 atom stereocenters. The van der Waals surface area contributed by atoms with Crippen molar-refractivity contribution in [3.8, 4) is 0 Å². The Bertz CT molecular complexity index is 310. The Morgan fingerprint density at radius 1 is 1.20 bits per heavy atom. The number of hydrogen-bond donors (Lipinski definition) is 1. The summed E-state index contributed by atoms with van der Waals surface area (Å²) in [5.41, 5.74) is 0.539. The van der Waals surface area contributed by atoms with Gasteiger partial charge in [-0.15, -0.1) is 0 Å². The molecular formula is C12H16F2O. The van der Waals surface area contributed by atoms with Crippen molar-refractivity contribution in [1.29, 1.82) is 0 Å². The van der Waals surface area contributed by atoms with Crippen molar-refractivity contribution in [3.05, 3.63) is 35.4 Å². The second-order valence-corrected chi connectivity index (χ2v) is 4.12. The van der Waals surface area contributed by atoms with Crippen LogP contribution in [0.25, 0.3) is 0 Å². The van der Waals surface area contributed by atoms with E-state index in [9.17, 15) is 13.9 Å². The molecule has 0 fully saturated rings. The van der Waals surface area contributed by atoms with E-state index in [2.05, 4.69) is 0 Å². The molecule has 0 heterocycles. The Labute approximate surface area is 88.7 Å². The third-order valence-electron chi connectivity index (χ3n) is 2.24. The third-order valence-corrected chi connectivity index (χ3v) is 2.24. The minimum atomic E-state index is -2.48. The molecule has 15 heavy (non-hydrogen) atoms. The van der Waals surface area contributed by atoms with Gasteiger partial charge in [-0.1, -0.05) is 32.0 Å². The van der Waals surface area contributed by atoms with Gasteiger partial charge < -0.3 is 5.11 Å². The number of rotatable bonds is 4. The molecule has 0 amide bonds. The van der Waals surface area contributed by atoms with E-state index in [-0.39, 0.29) is 5.56 Å². The summed E-state index contributed by atoms with van der Waals surface area (Å²) in [7, 11) is 0. The van der Waals surface area contributed by atoms with Gasteiger partial charge in [-0.2, -0.15) is 0 Å². The maximum absolute atomic E-state index is 12.4. The van der Waals surface area contributed by atoms with E-state index in [4.69, 9.17) is 0 Å². The SMILES string of the molecule is CC(C)CC(O)c1cccc(C(F)F)c1. The predicted octanol–water partition coefficient (Wildman–Crippen LogP) is 3.70. The smallest absolute Gasteiger partial charge is 0.263 e. The Morgan fingerprint density at radius 3 is 2.33 bits per heavy atom. The molecule has 1 aromatic carbocycles. The lowest BCUT2D eigenvalue weighted by Crippen LogP contribution is -2.02. The van der Waals surface area contributed by atoms with Crippen LogP contribution in [-0.2, 0) is 0 Å². The number of benzene rings is 1. The molecule has 1 N–H and O–H groups in total. The molecule has 1 rings (SSSR count). The van der Waals surface area contributed by atoms with Gasteiger partial charge in [0, 0.05) is 5.56 Å². The van der Waals surface area contributed by atoms with Crippen LogP contribution in [0.3, 0.4) is 0 Å². The van der Waals surface area contributed by atoms with Gasteiger partial charge in [0.2, 0.25) is 0 Å². The lowest BCUT2D eigenvalue weighted by Gasteiger charge is -2.14. The van der Waals surface area contributed by atoms with Crippen molar-refractivity contribution >= 4 is 0 Å². The summed E-state index contributed by atoms with van der Waals surface area (Å²) in [6.07, 6.45) is -2.54. The highest BCUT2D eigenvalue weighted by Crippen LogP contribution is 2.25.